The average Bonchev–Trinajstić information content (AvgIpc) is 2.21. The third-order valence-electron chi connectivity index (χ3n) is 1.66. The predicted molar refractivity (Wildman–Crippen MR) is 70.9 cm³/mol. The first-order valence-corrected chi connectivity index (χ1v) is 6.24. The summed E-state index contributed by atoms with van der Waals surface area (Å²) < 4.78 is 6.72. The van der Waals surface area contributed by atoms with Gasteiger partial charge in [0.1, 0.15) is 5.75 Å². The minimum Gasteiger partial charge on any atom is -0.495 e. The van der Waals surface area contributed by atoms with E-state index < -0.39 is 0 Å². The molecule has 0 aliphatic carbocycles. The smallest absolute Gasteiger partial charge is 0.234 e. The lowest BCUT2D eigenvalue weighted by Crippen LogP contribution is -2.13. The second kappa shape index (κ2) is 5.77. The van der Waals surface area contributed by atoms with E-state index in [0.29, 0.717) is 11.4 Å². The first-order chi connectivity index (χ1) is 7.08. The van der Waals surface area contributed by atoms with Crippen molar-refractivity contribution in [2.45, 2.75) is 0 Å². The summed E-state index contributed by atoms with van der Waals surface area (Å²) >= 11 is 10.6. The van der Waals surface area contributed by atoms with Crippen LogP contribution < -0.4 is 10.1 Å². The zero-order valence-electron chi connectivity index (χ0n) is 7.88. The number of rotatable bonds is 3. The van der Waals surface area contributed by atoms with Crippen molar-refractivity contribution < 1.29 is 9.53 Å². The van der Waals surface area contributed by atoms with Crippen LogP contribution in [0.5, 0.6) is 5.75 Å². The molecule has 0 aromatic heterocycles. The van der Waals surface area contributed by atoms with E-state index in [4.69, 9.17) is 4.74 Å². The van der Waals surface area contributed by atoms with Gasteiger partial charge in [-0.3, -0.25) is 4.79 Å². The summed E-state index contributed by atoms with van der Waals surface area (Å²) in [6.07, 6.45) is 0. The van der Waals surface area contributed by atoms with Crippen molar-refractivity contribution >= 4 is 56.1 Å². The van der Waals surface area contributed by atoms with Crippen LogP contribution in [0.2, 0.25) is 0 Å². The number of carbonyl (C=O) groups is 1. The van der Waals surface area contributed by atoms with E-state index in [1.165, 1.54) is 0 Å². The Bertz CT molecular complexity index is 385. The molecule has 15 heavy (non-hydrogen) atoms. The van der Waals surface area contributed by atoms with E-state index in [1.54, 1.807) is 13.2 Å². The summed E-state index contributed by atoms with van der Waals surface area (Å²) in [5.74, 6) is 0.640. The minimum atomic E-state index is -0.164. The molecule has 3 nitrogen and oxygen atoms in total. The van der Waals surface area contributed by atoms with Crippen LogP contribution in [0.3, 0.4) is 0 Å². The summed E-state index contributed by atoms with van der Waals surface area (Å²) in [7, 11) is 1.57. The van der Waals surface area contributed by atoms with Gasteiger partial charge in [0.2, 0.25) is 5.91 Å². The maximum absolute atomic E-state index is 11.2. The molecule has 1 aromatic carbocycles. The van der Waals surface area contributed by atoms with Gasteiger partial charge in [0.05, 0.1) is 23.0 Å². The molecule has 0 bridgehead atoms. The van der Waals surface area contributed by atoms with Gasteiger partial charge in [-0.2, -0.15) is 12.6 Å². The van der Waals surface area contributed by atoms with Crippen molar-refractivity contribution in [1.29, 1.82) is 0 Å². The second-order valence-electron chi connectivity index (χ2n) is 2.67. The molecule has 82 valence electrons. The van der Waals surface area contributed by atoms with E-state index in [2.05, 4.69) is 49.8 Å². The fourth-order valence-electron chi connectivity index (χ4n) is 0.971. The van der Waals surface area contributed by atoms with Crippen LogP contribution in [0.1, 0.15) is 0 Å². The van der Waals surface area contributed by atoms with E-state index in [0.717, 1.165) is 8.95 Å². The number of amides is 1. The molecule has 0 saturated carbocycles. The Morgan fingerprint density at radius 3 is 2.67 bits per heavy atom. The van der Waals surface area contributed by atoms with Gasteiger partial charge < -0.3 is 10.1 Å². The lowest BCUT2D eigenvalue weighted by molar-refractivity contribution is -0.113. The number of carbonyl (C=O) groups excluding carboxylic acids is 1. The Morgan fingerprint density at radius 1 is 1.47 bits per heavy atom. The number of ether oxygens (including phenoxy) is 1. The molecule has 1 aromatic rings. The van der Waals surface area contributed by atoms with Gasteiger partial charge >= 0.3 is 0 Å². The van der Waals surface area contributed by atoms with Gasteiger partial charge in [-0.25, -0.2) is 0 Å². The zero-order chi connectivity index (χ0) is 11.4. The number of halogens is 2. The fraction of sp³-hybridized carbons (Fsp3) is 0.222. The molecule has 1 rings (SSSR count). The van der Waals surface area contributed by atoms with Crippen molar-refractivity contribution in [2.75, 3.05) is 18.2 Å². The van der Waals surface area contributed by atoms with Crippen molar-refractivity contribution in [2.24, 2.45) is 0 Å². The molecule has 0 aliphatic heterocycles. The lowest BCUT2D eigenvalue weighted by Gasteiger charge is -2.10. The highest BCUT2D eigenvalue weighted by atomic mass is 79.9. The molecule has 6 heteroatoms. The Kier molecular flexibility index (Phi) is 4.95. The van der Waals surface area contributed by atoms with Gasteiger partial charge in [-0.1, -0.05) is 0 Å². The van der Waals surface area contributed by atoms with Gasteiger partial charge in [-0.05, 0) is 37.9 Å². The Hall–Kier alpha value is -0.200. The molecule has 0 heterocycles. The van der Waals surface area contributed by atoms with Gasteiger partial charge in [0, 0.05) is 10.5 Å². The molecular weight excluding hydrogens is 346 g/mol. The molecular formula is C9H9Br2NO2S. The predicted octanol–water partition coefficient (Wildman–Crippen LogP) is 3.09. The first-order valence-electron chi connectivity index (χ1n) is 4.02. The van der Waals surface area contributed by atoms with Crippen LogP contribution in [0, 0.1) is 0 Å². The topological polar surface area (TPSA) is 38.3 Å². The van der Waals surface area contributed by atoms with Crippen LogP contribution >= 0.6 is 44.5 Å². The van der Waals surface area contributed by atoms with Crippen LogP contribution in [-0.4, -0.2) is 18.8 Å². The van der Waals surface area contributed by atoms with E-state index in [-0.39, 0.29) is 11.7 Å². The van der Waals surface area contributed by atoms with Gasteiger partial charge in [0.15, 0.2) is 0 Å². The van der Waals surface area contributed by atoms with Crippen molar-refractivity contribution in [3.05, 3.63) is 21.1 Å². The summed E-state index contributed by atoms with van der Waals surface area (Å²) in [6, 6.07) is 3.54. The number of hydrogen-bond donors (Lipinski definition) is 2. The summed E-state index contributed by atoms with van der Waals surface area (Å²) in [6.45, 7) is 0. The van der Waals surface area contributed by atoms with Crippen molar-refractivity contribution in [3.63, 3.8) is 0 Å². The summed E-state index contributed by atoms with van der Waals surface area (Å²) in [5.41, 5.74) is 0.661. The lowest BCUT2D eigenvalue weighted by atomic mass is 10.3. The molecule has 0 saturated heterocycles. The maximum Gasteiger partial charge on any atom is 0.234 e. The first kappa shape index (κ1) is 12.9. The molecule has 0 unspecified atom stereocenters. The zero-order valence-corrected chi connectivity index (χ0v) is 11.9. The number of nitrogens with one attached hydrogen (secondary N) is 1. The Morgan fingerprint density at radius 2 is 2.13 bits per heavy atom. The van der Waals surface area contributed by atoms with Crippen LogP contribution in [0.15, 0.2) is 21.1 Å². The molecule has 0 aliphatic rings. The highest BCUT2D eigenvalue weighted by Gasteiger charge is 2.08. The summed E-state index contributed by atoms with van der Waals surface area (Å²) in [4.78, 5) is 11.2. The normalized spacial score (nSPS) is 9.87. The maximum atomic E-state index is 11.2. The van der Waals surface area contributed by atoms with E-state index >= 15 is 0 Å². The van der Waals surface area contributed by atoms with Gasteiger partial charge in [-0.15, -0.1) is 0 Å². The number of hydrogen-bond acceptors (Lipinski definition) is 3. The molecule has 1 N–H and O–H groups in total. The number of thiol groups is 1. The Balaban J connectivity index is 3.02. The van der Waals surface area contributed by atoms with Crippen LogP contribution in [0.4, 0.5) is 5.69 Å². The SMILES string of the molecule is COc1cc(NC(=O)CS)c(Br)cc1Br. The number of methoxy groups -OCH3 is 1. The van der Waals surface area contributed by atoms with Crippen molar-refractivity contribution in [3.8, 4) is 5.75 Å². The van der Waals surface area contributed by atoms with Crippen LogP contribution in [-0.2, 0) is 4.79 Å². The Labute approximate surface area is 110 Å². The summed E-state index contributed by atoms with van der Waals surface area (Å²) in [5, 5.41) is 2.70. The molecule has 0 radical (unpaired) electrons. The fourth-order valence-corrected chi connectivity index (χ4v) is 2.31. The van der Waals surface area contributed by atoms with E-state index in [1.807, 2.05) is 6.07 Å². The quantitative estimate of drug-likeness (QED) is 0.818. The molecule has 0 fully saturated rings. The molecule has 1 amide bonds. The third kappa shape index (κ3) is 3.39. The van der Waals surface area contributed by atoms with Crippen molar-refractivity contribution in [1.82, 2.24) is 0 Å². The average molecular weight is 355 g/mol. The molecule has 0 spiro atoms. The molecule has 0 atom stereocenters. The highest BCUT2D eigenvalue weighted by molar-refractivity contribution is 9.11. The van der Waals surface area contributed by atoms with Crippen LogP contribution in [0.25, 0.3) is 0 Å². The number of benzene rings is 1. The second-order valence-corrected chi connectivity index (χ2v) is 4.70. The monoisotopic (exact) mass is 353 g/mol. The highest BCUT2D eigenvalue weighted by Crippen LogP contribution is 2.34. The third-order valence-corrected chi connectivity index (χ3v) is 3.22. The standard InChI is InChI=1S/C9H9Br2NO2S/c1-14-8-3-7(12-9(13)4-15)5(10)2-6(8)11/h2-3,15H,4H2,1H3,(H,12,13). The number of anilines is 1. The van der Waals surface area contributed by atoms with E-state index in [9.17, 15) is 4.79 Å². The largest absolute Gasteiger partial charge is 0.495 e. The van der Waals surface area contributed by atoms with Gasteiger partial charge in [0.25, 0.3) is 0 Å². The minimum absolute atomic E-state index is 0.144.